The fourth-order valence-corrected chi connectivity index (χ4v) is 2.87. The Bertz CT molecular complexity index is 518. The summed E-state index contributed by atoms with van der Waals surface area (Å²) >= 11 is 3.07. The average molecular weight is 297 g/mol. The Kier molecular flexibility index (Phi) is 4.71. The Hall–Kier alpha value is -1.21. The lowest BCUT2D eigenvalue weighted by Gasteiger charge is -2.05. The standard InChI is InChI=1S/C12H19N5S2/c1-8(2)5-10-15-11(19-16-10)13-6-9-7-18-12(14-9)17(3)4/h7-8H,5-6H2,1-4H3,(H,13,15,16). The SMILES string of the molecule is CC(C)Cc1nsc(NCc2csc(N(C)C)n2)n1. The van der Waals surface area contributed by atoms with E-state index in [0.717, 1.165) is 28.2 Å². The normalized spacial score (nSPS) is 11.0. The van der Waals surface area contributed by atoms with E-state index in [2.05, 4.69) is 38.9 Å². The summed E-state index contributed by atoms with van der Waals surface area (Å²) in [7, 11) is 4.00. The number of nitrogens with zero attached hydrogens (tertiary/aromatic N) is 4. The third kappa shape index (κ3) is 4.14. The monoisotopic (exact) mass is 297 g/mol. The second kappa shape index (κ2) is 6.29. The third-order valence-corrected chi connectivity index (χ3v) is 4.17. The molecule has 2 aromatic heterocycles. The molecule has 7 heteroatoms. The minimum Gasteiger partial charge on any atom is -0.355 e. The number of rotatable bonds is 6. The summed E-state index contributed by atoms with van der Waals surface area (Å²) in [5.41, 5.74) is 1.04. The minimum absolute atomic E-state index is 0.587. The third-order valence-electron chi connectivity index (χ3n) is 2.40. The first-order valence-corrected chi connectivity index (χ1v) is 7.88. The van der Waals surface area contributed by atoms with Gasteiger partial charge in [-0.05, 0) is 5.92 Å². The first kappa shape index (κ1) is 14.2. The van der Waals surface area contributed by atoms with Crippen molar-refractivity contribution in [3.8, 4) is 0 Å². The molecule has 104 valence electrons. The highest BCUT2D eigenvalue weighted by molar-refractivity contribution is 7.13. The van der Waals surface area contributed by atoms with Gasteiger partial charge in [0.2, 0.25) is 5.13 Å². The Labute approximate surface area is 121 Å². The van der Waals surface area contributed by atoms with Crippen molar-refractivity contribution in [1.29, 1.82) is 0 Å². The van der Waals surface area contributed by atoms with Gasteiger partial charge in [0.1, 0.15) is 5.82 Å². The van der Waals surface area contributed by atoms with Crippen molar-refractivity contribution >= 4 is 33.1 Å². The van der Waals surface area contributed by atoms with Crippen molar-refractivity contribution < 1.29 is 0 Å². The van der Waals surface area contributed by atoms with Crippen LogP contribution in [0.1, 0.15) is 25.4 Å². The van der Waals surface area contributed by atoms with Crippen molar-refractivity contribution in [2.75, 3.05) is 24.3 Å². The van der Waals surface area contributed by atoms with Crippen LogP contribution in [-0.2, 0) is 13.0 Å². The van der Waals surface area contributed by atoms with Gasteiger partial charge < -0.3 is 10.2 Å². The van der Waals surface area contributed by atoms with Gasteiger partial charge in [-0.15, -0.1) is 11.3 Å². The molecule has 0 unspecified atom stereocenters. The fourth-order valence-electron chi connectivity index (χ4n) is 1.52. The summed E-state index contributed by atoms with van der Waals surface area (Å²) in [6, 6.07) is 0. The number of hydrogen-bond acceptors (Lipinski definition) is 7. The Balaban J connectivity index is 1.89. The number of thiazole rings is 1. The molecule has 2 aromatic rings. The van der Waals surface area contributed by atoms with E-state index in [1.165, 1.54) is 11.5 Å². The molecule has 0 radical (unpaired) electrons. The predicted octanol–water partition coefficient (Wildman–Crippen LogP) is 2.87. The molecule has 0 amide bonds. The van der Waals surface area contributed by atoms with Crippen LogP contribution in [0.4, 0.5) is 10.3 Å². The second-order valence-electron chi connectivity index (χ2n) is 4.98. The summed E-state index contributed by atoms with van der Waals surface area (Å²) in [6.07, 6.45) is 0.930. The van der Waals surface area contributed by atoms with Gasteiger partial charge in [-0.1, -0.05) is 13.8 Å². The van der Waals surface area contributed by atoms with E-state index in [4.69, 9.17) is 0 Å². The molecular weight excluding hydrogens is 278 g/mol. The molecular formula is C12H19N5S2. The molecule has 0 fully saturated rings. The summed E-state index contributed by atoms with van der Waals surface area (Å²) < 4.78 is 4.34. The van der Waals surface area contributed by atoms with Gasteiger partial charge in [0, 0.05) is 37.4 Å². The zero-order valence-electron chi connectivity index (χ0n) is 11.7. The highest BCUT2D eigenvalue weighted by Gasteiger charge is 2.07. The van der Waals surface area contributed by atoms with Crippen LogP contribution in [0.5, 0.6) is 0 Å². The number of hydrogen-bond donors (Lipinski definition) is 1. The second-order valence-corrected chi connectivity index (χ2v) is 6.57. The summed E-state index contributed by atoms with van der Waals surface area (Å²) in [4.78, 5) is 11.0. The van der Waals surface area contributed by atoms with E-state index < -0.39 is 0 Å². The number of nitrogens with one attached hydrogen (secondary N) is 1. The molecule has 0 saturated carbocycles. The lowest BCUT2D eigenvalue weighted by molar-refractivity contribution is 0.627. The molecule has 0 spiro atoms. The molecule has 2 rings (SSSR count). The smallest absolute Gasteiger partial charge is 0.202 e. The fraction of sp³-hybridized carbons (Fsp3) is 0.583. The molecule has 19 heavy (non-hydrogen) atoms. The highest BCUT2D eigenvalue weighted by atomic mass is 32.1. The van der Waals surface area contributed by atoms with Gasteiger partial charge in [0.05, 0.1) is 12.2 Å². The Morgan fingerprint density at radius 3 is 2.74 bits per heavy atom. The molecule has 0 aliphatic rings. The molecule has 5 nitrogen and oxygen atoms in total. The van der Waals surface area contributed by atoms with E-state index in [1.807, 2.05) is 19.0 Å². The predicted molar refractivity (Wildman–Crippen MR) is 82.2 cm³/mol. The van der Waals surface area contributed by atoms with E-state index in [1.54, 1.807) is 11.3 Å². The van der Waals surface area contributed by atoms with Crippen LogP contribution in [0.3, 0.4) is 0 Å². The van der Waals surface area contributed by atoms with Crippen LogP contribution in [0.25, 0.3) is 0 Å². The molecule has 0 aliphatic heterocycles. The van der Waals surface area contributed by atoms with Crippen LogP contribution in [0, 0.1) is 5.92 Å². The van der Waals surface area contributed by atoms with Crippen LogP contribution in [0.15, 0.2) is 5.38 Å². The summed E-state index contributed by atoms with van der Waals surface area (Å²) in [5.74, 6) is 1.51. The van der Waals surface area contributed by atoms with Crippen LogP contribution >= 0.6 is 22.9 Å². The van der Waals surface area contributed by atoms with Gasteiger partial charge in [-0.25, -0.2) is 9.97 Å². The van der Waals surface area contributed by atoms with Gasteiger partial charge in [-0.2, -0.15) is 4.37 Å². The quantitative estimate of drug-likeness (QED) is 0.888. The molecule has 0 aromatic carbocycles. The Morgan fingerprint density at radius 1 is 1.32 bits per heavy atom. The van der Waals surface area contributed by atoms with E-state index in [0.29, 0.717) is 12.5 Å². The van der Waals surface area contributed by atoms with Gasteiger partial charge in [-0.3, -0.25) is 0 Å². The molecule has 0 bridgehead atoms. The maximum Gasteiger partial charge on any atom is 0.202 e. The Morgan fingerprint density at radius 2 is 2.11 bits per heavy atom. The van der Waals surface area contributed by atoms with Gasteiger partial charge >= 0.3 is 0 Å². The molecule has 2 heterocycles. The zero-order chi connectivity index (χ0) is 13.8. The van der Waals surface area contributed by atoms with Crippen molar-refractivity contribution in [3.63, 3.8) is 0 Å². The van der Waals surface area contributed by atoms with E-state index >= 15 is 0 Å². The maximum atomic E-state index is 4.52. The van der Waals surface area contributed by atoms with Crippen molar-refractivity contribution in [3.05, 3.63) is 16.9 Å². The van der Waals surface area contributed by atoms with Gasteiger partial charge in [0.25, 0.3) is 0 Å². The average Bonchev–Trinajstić information content (AvgIpc) is 2.94. The first-order valence-electron chi connectivity index (χ1n) is 6.22. The maximum absolute atomic E-state index is 4.52. The highest BCUT2D eigenvalue weighted by Crippen LogP contribution is 2.19. The lowest BCUT2D eigenvalue weighted by atomic mass is 10.1. The topological polar surface area (TPSA) is 53.9 Å². The van der Waals surface area contributed by atoms with Crippen LogP contribution in [-0.4, -0.2) is 28.4 Å². The van der Waals surface area contributed by atoms with Crippen LogP contribution in [0.2, 0.25) is 0 Å². The van der Waals surface area contributed by atoms with Crippen molar-refractivity contribution in [1.82, 2.24) is 14.3 Å². The van der Waals surface area contributed by atoms with E-state index in [-0.39, 0.29) is 0 Å². The molecule has 0 atom stereocenters. The number of anilines is 2. The molecule has 1 N–H and O–H groups in total. The molecule has 0 saturated heterocycles. The minimum atomic E-state index is 0.587. The molecule has 0 aliphatic carbocycles. The first-order chi connectivity index (χ1) is 9.04. The summed E-state index contributed by atoms with van der Waals surface area (Å²) in [5, 5.41) is 7.24. The van der Waals surface area contributed by atoms with Gasteiger partial charge in [0.15, 0.2) is 5.13 Å². The lowest BCUT2D eigenvalue weighted by Crippen LogP contribution is -2.08. The number of aromatic nitrogens is 3. The van der Waals surface area contributed by atoms with E-state index in [9.17, 15) is 0 Å². The van der Waals surface area contributed by atoms with Crippen molar-refractivity contribution in [2.24, 2.45) is 5.92 Å². The van der Waals surface area contributed by atoms with Crippen LogP contribution < -0.4 is 10.2 Å². The van der Waals surface area contributed by atoms with Crippen molar-refractivity contribution in [2.45, 2.75) is 26.8 Å². The summed E-state index contributed by atoms with van der Waals surface area (Å²) in [6.45, 7) is 5.04. The largest absolute Gasteiger partial charge is 0.355 e. The zero-order valence-corrected chi connectivity index (χ0v) is 13.3.